The molecule has 8 heteroatoms. The number of H-pyrrole nitrogens is 1. The van der Waals surface area contributed by atoms with Gasteiger partial charge in [-0.25, -0.2) is 8.78 Å². The van der Waals surface area contributed by atoms with Gasteiger partial charge in [0.25, 0.3) is 6.43 Å². The van der Waals surface area contributed by atoms with Crippen LogP contribution in [0.3, 0.4) is 0 Å². The van der Waals surface area contributed by atoms with E-state index in [0.717, 1.165) is 0 Å². The second kappa shape index (κ2) is 3.52. The number of hydrogen-bond acceptors (Lipinski definition) is 2. The second-order valence-corrected chi connectivity index (χ2v) is 2.68. The number of nitrogen functional groups attached to an aromatic ring is 1. The highest BCUT2D eigenvalue weighted by molar-refractivity contribution is 5.45. The third-order valence-electron chi connectivity index (χ3n) is 1.61. The van der Waals surface area contributed by atoms with Gasteiger partial charge in [-0.15, -0.1) is 0 Å². The molecule has 0 unspecified atom stereocenters. The minimum atomic E-state index is -4.96. The highest BCUT2D eigenvalue weighted by atomic mass is 19.4. The fraction of sp³-hybridized carbons (Fsp3) is 0.286. The van der Waals surface area contributed by atoms with Crippen molar-refractivity contribution in [2.24, 2.45) is 0 Å². The number of hydrogen-bond donors (Lipinski definition) is 2. The molecule has 0 aromatic carbocycles. The molecule has 1 rings (SSSR count). The van der Waals surface area contributed by atoms with Gasteiger partial charge in [-0.2, -0.15) is 13.2 Å². The van der Waals surface area contributed by atoms with Crippen molar-refractivity contribution < 1.29 is 22.0 Å². The minimum absolute atomic E-state index is 0.342. The molecule has 0 spiro atoms. The van der Waals surface area contributed by atoms with E-state index in [2.05, 4.69) is 0 Å². The van der Waals surface area contributed by atoms with Crippen molar-refractivity contribution in [2.45, 2.75) is 12.6 Å². The van der Waals surface area contributed by atoms with Crippen LogP contribution in [0.1, 0.15) is 17.8 Å². The maximum Gasteiger partial charge on any atom is 0.433 e. The molecule has 0 saturated carbocycles. The standard InChI is InChI=1S/C7H5F5N2O/c8-6(9)2-1-3(15)4(13)5(14-2)7(10,11)12/h1,6H,13H2,(H,14,15). The van der Waals surface area contributed by atoms with Crippen LogP contribution in [0.2, 0.25) is 0 Å². The summed E-state index contributed by atoms with van der Waals surface area (Å²) in [5.41, 5.74) is -0.328. The molecular formula is C7H5F5N2O. The number of aromatic amines is 1. The van der Waals surface area contributed by atoms with Crippen LogP contribution in [-0.2, 0) is 6.18 Å². The smallest absolute Gasteiger partial charge is 0.394 e. The number of rotatable bonds is 1. The third kappa shape index (κ3) is 2.25. The molecule has 0 amide bonds. The van der Waals surface area contributed by atoms with Gasteiger partial charge in [0.15, 0.2) is 0 Å². The molecule has 0 aliphatic carbocycles. The molecule has 0 radical (unpaired) electrons. The van der Waals surface area contributed by atoms with E-state index in [1.54, 1.807) is 0 Å². The predicted octanol–water partition coefficient (Wildman–Crippen LogP) is 1.91. The van der Waals surface area contributed by atoms with E-state index in [1.807, 2.05) is 0 Å². The van der Waals surface area contributed by atoms with Crippen LogP contribution in [0.25, 0.3) is 0 Å². The van der Waals surface area contributed by atoms with Crippen LogP contribution in [0.5, 0.6) is 0 Å². The Morgan fingerprint density at radius 1 is 1.33 bits per heavy atom. The molecule has 0 fully saturated rings. The summed E-state index contributed by atoms with van der Waals surface area (Å²) in [6.45, 7) is 0. The summed E-state index contributed by atoms with van der Waals surface area (Å²) < 4.78 is 60.7. The van der Waals surface area contributed by atoms with Gasteiger partial charge in [0, 0.05) is 6.07 Å². The first-order chi connectivity index (χ1) is 6.73. The average Bonchev–Trinajstić information content (AvgIpc) is 2.06. The number of nitrogens with one attached hydrogen (secondary N) is 1. The summed E-state index contributed by atoms with van der Waals surface area (Å²) in [5.74, 6) is 0. The summed E-state index contributed by atoms with van der Waals surface area (Å²) in [6.07, 6.45) is -8.16. The van der Waals surface area contributed by atoms with E-state index >= 15 is 0 Å². The Kier molecular flexibility index (Phi) is 2.69. The Balaban J connectivity index is 3.46. The molecule has 1 aromatic rings. The fourth-order valence-electron chi connectivity index (χ4n) is 0.931. The summed E-state index contributed by atoms with van der Waals surface area (Å²) in [4.78, 5) is 12.2. The molecule has 0 aliphatic heterocycles. The lowest BCUT2D eigenvalue weighted by Gasteiger charge is -2.11. The lowest BCUT2D eigenvalue weighted by atomic mass is 10.2. The highest BCUT2D eigenvalue weighted by Gasteiger charge is 2.36. The topological polar surface area (TPSA) is 58.9 Å². The zero-order valence-electron chi connectivity index (χ0n) is 7.03. The van der Waals surface area contributed by atoms with Gasteiger partial charge >= 0.3 is 6.18 Å². The summed E-state index contributed by atoms with van der Waals surface area (Å²) in [6, 6.07) is 0.342. The van der Waals surface area contributed by atoms with Crippen LogP contribution in [-0.4, -0.2) is 4.98 Å². The van der Waals surface area contributed by atoms with Gasteiger partial charge in [0.2, 0.25) is 5.43 Å². The van der Waals surface area contributed by atoms with Crippen molar-refractivity contribution in [2.75, 3.05) is 5.73 Å². The summed E-state index contributed by atoms with van der Waals surface area (Å²) in [7, 11) is 0. The molecule has 0 atom stereocenters. The van der Waals surface area contributed by atoms with Gasteiger partial charge in [-0.05, 0) is 0 Å². The first-order valence-corrected chi connectivity index (χ1v) is 3.61. The van der Waals surface area contributed by atoms with Crippen molar-refractivity contribution in [3.05, 3.63) is 27.7 Å². The molecule has 1 heterocycles. The van der Waals surface area contributed by atoms with Crippen molar-refractivity contribution in [1.82, 2.24) is 4.98 Å². The van der Waals surface area contributed by atoms with E-state index in [1.165, 1.54) is 4.98 Å². The largest absolute Gasteiger partial charge is 0.433 e. The van der Waals surface area contributed by atoms with E-state index in [-0.39, 0.29) is 0 Å². The Morgan fingerprint density at radius 2 is 1.87 bits per heavy atom. The van der Waals surface area contributed by atoms with Crippen LogP contribution in [0.15, 0.2) is 10.9 Å². The fourth-order valence-corrected chi connectivity index (χ4v) is 0.931. The van der Waals surface area contributed by atoms with Gasteiger partial charge in [0.05, 0.1) is 5.69 Å². The van der Waals surface area contributed by atoms with Gasteiger partial charge < -0.3 is 10.7 Å². The maximum absolute atomic E-state index is 12.2. The number of nitrogens with two attached hydrogens (primary N) is 1. The highest BCUT2D eigenvalue weighted by Crippen LogP contribution is 2.31. The molecule has 1 aromatic heterocycles. The van der Waals surface area contributed by atoms with E-state index in [9.17, 15) is 26.7 Å². The maximum atomic E-state index is 12.2. The number of aromatic nitrogens is 1. The first-order valence-electron chi connectivity index (χ1n) is 3.61. The van der Waals surface area contributed by atoms with E-state index in [0.29, 0.717) is 6.07 Å². The van der Waals surface area contributed by atoms with E-state index < -0.39 is 35.1 Å². The first kappa shape index (κ1) is 11.5. The summed E-state index contributed by atoms with van der Waals surface area (Å²) >= 11 is 0. The summed E-state index contributed by atoms with van der Waals surface area (Å²) in [5, 5.41) is 0. The lowest BCUT2D eigenvalue weighted by Crippen LogP contribution is -2.20. The Morgan fingerprint density at radius 3 is 2.27 bits per heavy atom. The van der Waals surface area contributed by atoms with Crippen molar-refractivity contribution >= 4 is 5.69 Å². The van der Waals surface area contributed by atoms with Crippen molar-refractivity contribution in [1.29, 1.82) is 0 Å². The number of pyridine rings is 1. The molecule has 0 saturated heterocycles. The second-order valence-electron chi connectivity index (χ2n) is 2.68. The number of anilines is 1. The van der Waals surface area contributed by atoms with Gasteiger partial charge in [-0.3, -0.25) is 4.79 Å². The zero-order valence-corrected chi connectivity index (χ0v) is 7.03. The molecule has 15 heavy (non-hydrogen) atoms. The Hall–Kier alpha value is -1.60. The van der Waals surface area contributed by atoms with Crippen LogP contribution >= 0.6 is 0 Å². The normalized spacial score (nSPS) is 12.1. The molecule has 3 N–H and O–H groups in total. The minimum Gasteiger partial charge on any atom is -0.394 e. The Bertz CT molecular complexity index is 422. The van der Waals surface area contributed by atoms with Crippen molar-refractivity contribution in [3.8, 4) is 0 Å². The van der Waals surface area contributed by atoms with Crippen LogP contribution < -0.4 is 11.2 Å². The van der Waals surface area contributed by atoms with Crippen LogP contribution in [0, 0.1) is 0 Å². The van der Waals surface area contributed by atoms with Gasteiger partial charge in [-0.1, -0.05) is 0 Å². The number of halogens is 5. The quantitative estimate of drug-likeness (QED) is 0.721. The zero-order chi connectivity index (χ0) is 11.8. The van der Waals surface area contributed by atoms with Crippen molar-refractivity contribution in [3.63, 3.8) is 0 Å². The SMILES string of the molecule is Nc1c(C(F)(F)F)[nH]c(C(F)F)cc1=O. The Labute approximate surface area is 79.7 Å². The molecule has 0 aliphatic rings. The number of alkyl halides is 5. The molecule has 3 nitrogen and oxygen atoms in total. The monoisotopic (exact) mass is 228 g/mol. The lowest BCUT2D eigenvalue weighted by molar-refractivity contribution is -0.140. The molecular weight excluding hydrogens is 223 g/mol. The van der Waals surface area contributed by atoms with E-state index in [4.69, 9.17) is 5.73 Å². The predicted molar refractivity (Wildman–Crippen MR) is 41.4 cm³/mol. The van der Waals surface area contributed by atoms with Gasteiger partial charge in [0.1, 0.15) is 11.4 Å². The van der Waals surface area contributed by atoms with Crippen LogP contribution in [0.4, 0.5) is 27.6 Å². The molecule has 0 bridgehead atoms. The average molecular weight is 228 g/mol. The third-order valence-corrected chi connectivity index (χ3v) is 1.61. The molecule has 84 valence electrons.